The number of rotatable bonds is 8. The lowest BCUT2D eigenvalue weighted by Crippen LogP contribution is -2.28. The zero-order valence-corrected chi connectivity index (χ0v) is 12.6. The van der Waals surface area contributed by atoms with Gasteiger partial charge < -0.3 is 10.1 Å². The van der Waals surface area contributed by atoms with Crippen molar-refractivity contribution in [3.8, 4) is 0 Å². The molecule has 2 unspecified atom stereocenters. The molecule has 0 aliphatic carbocycles. The molecule has 1 N–H and O–H groups in total. The van der Waals surface area contributed by atoms with Crippen molar-refractivity contribution in [2.45, 2.75) is 26.2 Å². The minimum absolute atomic E-state index is 0.287. The Kier molecular flexibility index (Phi) is 7.36. The van der Waals surface area contributed by atoms with E-state index in [1.165, 1.54) is 12.1 Å². The molecule has 108 valence electrons. The molecular formula is C15H23ClFNO. The summed E-state index contributed by atoms with van der Waals surface area (Å²) in [6.07, 6.45) is 1.06. The minimum atomic E-state index is -0.288. The van der Waals surface area contributed by atoms with Crippen LogP contribution in [0.15, 0.2) is 18.2 Å². The van der Waals surface area contributed by atoms with Crippen molar-refractivity contribution in [3.05, 3.63) is 34.6 Å². The molecule has 0 aromatic heterocycles. The first kappa shape index (κ1) is 16.4. The van der Waals surface area contributed by atoms with Crippen LogP contribution in [0.25, 0.3) is 0 Å². The number of benzene rings is 1. The summed E-state index contributed by atoms with van der Waals surface area (Å²) in [7, 11) is 1.69. The molecule has 2 atom stereocenters. The molecular weight excluding hydrogens is 265 g/mol. The monoisotopic (exact) mass is 287 g/mol. The number of hydrogen-bond donors (Lipinski definition) is 1. The van der Waals surface area contributed by atoms with E-state index in [9.17, 15) is 4.39 Å². The van der Waals surface area contributed by atoms with Gasteiger partial charge in [0.1, 0.15) is 5.82 Å². The molecule has 19 heavy (non-hydrogen) atoms. The van der Waals surface area contributed by atoms with Gasteiger partial charge in [0.15, 0.2) is 0 Å². The standard InChI is InChI=1S/C15H23ClFNO/c1-4-11(2)14(10-18-7-8-19-3)13-6-5-12(17)9-15(13)16/h5-6,9,11,14,18H,4,7-8,10H2,1-3H3. The smallest absolute Gasteiger partial charge is 0.124 e. The van der Waals surface area contributed by atoms with E-state index in [1.807, 2.05) is 0 Å². The van der Waals surface area contributed by atoms with E-state index in [4.69, 9.17) is 16.3 Å². The summed E-state index contributed by atoms with van der Waals surface area (Å²) in [6, 6.07) is 4.67. The second-order valence-electron chi connectivity index (χ2n) is 4.85. The topological polar surface area (TPSA) is 21.3 Å². The number of halogens is 2. The molecule has 0 amide bonds. The van der Waals surface area contributed by atoms with Gasteiger partial charge in [-0.1, -0.05) is 37.9 Å². The normalized spacial score (nSPS) is 14.4. The molecule has 2 nitrogen and oxygen atoms in total. The predicted octanol–water partition coefficient (Wildman–Crippen LogP) is 3.84. The van der Waals surface area contributed by atoms with E-state index in [0.717, 1.165) is 25.1 Å². The van der Waals surface area contributed by atoms with Crippen LogP contribution in [0.1, 0.15) is 31.7 Å². The summed E-state index contributed by atoms with van der Waals surface area (Å²) >= 11 is 6.17. The van der Waals surface area contributed by atoms with Crippen LogP contribution in [0.4, 0.5) is 4.39 Å². The van der Waals surface area contributed by atoms with Crippen molar-refractivity contribution < 1.29 is 9.13 Å². The SMILES string of the molecule is CCC(C)C(CNCCOC)c1ccc(F)cc1Cl. The summed E-state index contributed by atoms with van der Waals surface area (Å²) in [4.78, 5) is 0. The van der Waals surface area contributed by atoms with Crippen LogP contribution < -0.4 is 5.32 Å². The van der Waals surface area contributed by atoms with E-state index < -0.39 is 0 Å². The van der Waals surface area contributed by atoms with Crippen LogP contribution in [0.3, 0.4) is 0 Å². The third-order valence-corrected chi connectivity index (χ3v) is 3.87. The van der Waals surface area contributed by atoms with Gasteiger partial charge in [-0.2, -0.15) is 0 Å². The van der Waals surface area contributed by atoms with Gasteiger partial charge in [-0.05, 0) is 23.6 Å². The first-order chi connectivity index (χ1) is 9.10. The van der Waals surface area contributed by atoms with Crippen molar-refractivity contribution in [3.63, 3.8) is 0 Å². The highest BCUT2D eigenvalue weighted by atomic mass is 35.5. The van der Waals surface area contributed by atoms with Gasteiger partial charge in [0, 0.05) is 31.1 Å². The summed E-state index contributed by atoms with van der Waals surface area (Å²) < 4.78 is 18.1. The van der Waals surface area contributed by atoms with Crippen LogP contribution in [0, 0.1) is 11.7 Å². The van der Waals surface area contributed by atoms with E-state index in [2.05, 4.69) is 19.2 Å². The van der Waals surface area contributed by atoms with Gasteiger partial charge >= 0.3 is 0 Å². The van der Waals surface area contributed by atoms with Crippen LogP contribution in [-0.4, -0.2) is 26.8 Å². The molecule has 0 bridgehead atoms. The summed E-state index contributed by atoms with van der Waals surface area (Å²) in [5.74, 6) is 0.483. The third kappa shape index (κ3) is 5.09. The number of methoxy groups -OCH3 is 1. The lowest BCUT2D eigenvalue weighted by Gasteiger charge is -2.25. The van der Waals surface area contributed by atoms with E-state index in [1.54, 1.807) is 13.2 Å². The maximum atomic E-state index is 13.1. The zero-order chi connectivity index (χ0) is 14.3. The van der Waals surface area contributed by atoms with Crippen molar-refractivity contribution in [2.75, 3.05) is 26.8 Å². The Morgan fingerprint density at radius 2 is 2.16 bits per heavy atom. The molecule has 1 aromatic rings. The quantitative estimate of drug-likeness (QED) is 0.734. The van der Waals surface area contributed by atoms with Crippen LogP contribution in [0.2, 0.25) is 5.02 Å². The number of ether oxygens (including phenoxy) is 1. The lowest BCUT2D eigenvalue weighted by atomic mass is 9.85. The molecule has 0 heterocycles. The highest BCUT2D eigenvalue weighted by Crippen LogP contribution is 2.32. The molecule has 4 heteroatoms. The first-order valence-electron chi connectivity index (χ1n) is 6.74. The van der Waals surface area contributed by atoms with Crippen molar-refractivity contribution in [1.29, 1.82) is 0 Å². The summed E-state index contributed by atoms with van der Waals surface area (Å²) in [5.41, 5.74) is 1.02. The van der Waals surface area contributed by atoms with Gasteiger partial charge in [-0.3, -0.25) is 0 Å². The van der Waals surface area contributed by atoms with Gasteiger partial charge in [0.05, 0.1) is 6.61 Å². The van der Waals surface area contributed by atoms with Crippen molar-refractivity contribution in [2.24, 2.45) is 5.92 Å². The Morgan fingerprint density at radius 1 is 1.42 bits per heavy atom. The zero-order valence-electron chi connectivity index (χ0n) is 11.9. The van der Waals surface area contributed by atoms with Gasteiger partial charge in [0.25, 0.3) is 0 Å². The molecule has 0 saturated carbocycles. The predicted molar refractivity (Wildman–Crippen MR) is 78.4 cm³/mol. The average molecular weight is 288 g/mol. The molecule has 0 spiro atoms. The molecule has 0 fully saturated rings. The third-order valence-electron chi connectivity index (χ3n) is 3.54. The van der Waals surface area contributed by atoms with Crippen molar-refractivity contribution in [1.82, 2.24) is 5.32 Å². The maximum absolute atomic E-state index is 13.1. The fourth-order valence-corrected chi connectivity index (χ4v) is 2.44. The molecule has 1 aromatic carbocycles. The largest absolute Gasteiger partial charge is 0.383 e. The second-order valence-corrected chi connectivity index (χ2v) is 5.26. The Balaban J connectivity index is 2.78. The Labute approximate surface area is 120 Å². The maximum Gasteiger partial charge on any atom is 0.124 e. The molecule has 0 radical (unpaired) electrons. The van der Waals surface area contributed by atoms with Gasteiger partial charge in [-0.15, -0.1) is 0 Å². The lowest BCUT2D eigenvalue weighted by molar-refractivity contribution is 0.198. The Bertz CT molecular complexity index is 386. The molecule has 0 saturated heterocycles. The van der Waals surface area contributed by atoms with Crippen LogP contribution in [0.5, 0.6) is 0 Å². The number of hydrogen-bond acceptors (Lipinski definition) is 2. The first-order valence-corrected chi connectivity index (χ1v) is 7.12. The van der Waals surface area contributed by atoms with Crippen LogP contribution >= 0.6 is 11.6 Å². The fraction of sp³-hybridized carbons (Fsp3) is 0.600. The highest BCUT2D eigenvalue weighted by molar-refractivity contribution is 6.31. The van der Waals surface area contributed by atoms with Crippen LogP contribution in [-0.2, 0) is 4.74 Å². The number of nitrogens with one attached hydrogen (secondary N) is 1. The molecule has 0 aliphatic heterocycles. The Morgan fingerprint density at radius 3 is 2.74 bits per heavy atom. The summed E-state index contributed by atoms with van der Waals surface area (Å²) in [6.45, 7) is 6.67. The van der Waals surface area contributed by atoms with Crippen molar-refractivity contribution >= 4 is 11.6 Å². The summed E-state index contributed by atoms with van der Waals surface area (Å²) in [5, 5.41) is 3.88. The highest BCUT2D eigenvalue weighted by Gasteiger charge is 2.20. The van der Waals surface area contributed by atoms with E-state index in [0.29, 0.717) is 17.5 Å². The fourth-order valence-electron chi connectivity index (χ4n) is 2.14. The Hall–Kier alpha value is -0.640. The van der Waals surface area contributed by atoms with Gasteiger partial charge in [0.2, 0.25) is 0 Å². The van der Waals surface area contributed by atoms with E-state index >= 15 is 0 Å². The average Bonchev–Trinajstić information content (AvgIpc) is 2.39. The van der Waals surface area contributed by atoms with E-state index in [-0.39, 0.29) is 11.7 Å². The molecule has 0 aliphatic rings. The second kappa shape index (κ2) is 8.51. The minimum Gasteiger partial charge on any atom is -0.383 e. The van der Waals surface area contributed by atoms with Gasteiger partial charge in [-0.25, -0.2) is 4.39 Å². The molecule has 1 rings (SSSR count).